The molecule has 0 saturated carbocycles. The number of hydrogen-bond acceptors (Lipinski definition) is 7. The fraction of sp³-hybridized carbons (Fsp3) is 0.714. The first-order valence-electron chi connectivity index (χ1n) is 7.89. The molecule has 0 fully saturated rings. The van der Waals surface area contributed by atoms with Crippen LogP contribution >= 0.6 is 12.6 Å². The van der Waals surface area contributed by atoms with Crippen molar-refractivity contribution in [3.63, 3.8) is 0 Å². The van der Waals surface area contributed by atoms with Crippen molar-refractivity contribution in [1.29, 1.82) is 0 Å². The topological polar surface area (TPSA) is 177 Å². The Morgan fingerprint density at radius 2 is 1.72 bits per heavy atom. The third kappa shape index (κ3) is 9.89. The Balaban J connectivity index is 4.42. The smallest absolute Gasteiger partial charge is 0.326 e. The fourth-order valence-corrected chi connectivity index (χ4v) is 2.04. The summed E-state index contributed by atoms with van der Waals surface area (Å²) in [7, 11) is 0. The molecule has 10 nitrogen and oxygen atoms in total. The van der Waals surface area contributed by atoms with Gasteiger partial charge >= 0.3 is 5.97 Å². The lowest BCUT2D eigenvalue weighted by molar-refractivity contribution is -0.142. The number of rotatable bonds is 12. The van der Waals surface area contributed by atoms with Crippen LogP contribution in [0.4, 0.5) is 0 Å². The Labute approximate surface area is 151 Å². The van der Waals surface area contributed by atoms with Gasteiger partial charge in [-0.1, -0.05) is 0 Å². The van der Waals surface area contributed by atoms with Crippen LogP contribution in [0.5, 0.6) is 0 Å². The van der Waals surface area contributed by atoms with Gasteiger partial charge in [-0.05, 0) is 32.7 Å². The van der Waals surface area contributed by atoms with E-state index < -0.39 is 48.4 Å². The lowest BCUT2D eigenvalue weighted by Gasteiger charge is -2.18. The Bertz CT molecular complexity index is 475. The summed E-state index contributed by atoms with van der Waals surface area (Å²) in [4.78, 5) is 46.3. The monoisotopic (exact) mass is 377 g/mol. The van der Waals surface area contributed by atoms with Crippen molar-refractivity contribution in [3.05, 3.63) is 0 Å². The van der Waals surface area contributed by atoms with E-state index in [1.54, 1.807) is 0 Å². The number of aliphatic carboxylic acids is 1. The summed E-state index contributed by atoms with van der Waals surface area (Å²) in [5.74, 6) is -2.93. The maximum atomic E-state index is 11.9. The predicted molar refractivity (Wildman–Crippen MR) is 94.9 cm³/mol. The Hall–Kier alpha value is -1.85. The van der Waals surface area contributed by atoms with Crippen LogP contribution in [0.2, 0.25) is 0 Å². The lowest BCUT2D eigenvalue weighted by Crippen LogP contribution is -2.53. The second-order valence-corrected chi connectivity index (χ2v) is 5.86. The molecule has 0 heterocycles. The third-order valence-corrected chi connectivity index (χ3v) is 3.60. The van der Waals surface area contributed by atoms with E-state index in [0.717, 1.165) is 0 Å². The average molecular weight is 377 g/mol. The summed E-state index contributed by atoms with van der Waals surface area (Å²) >= 11 is 3.97. The molecule has 144 valence electrons. The number of carboxylic acid groups (broad SMARTS) is 1. The van der Waals surface area contributed by atoms with Crippen LogP contribution in [0, 0.1) is 0 Å². The molecule has 0 spiro atoms. The Morgan fingerprint density at radius 3 is 2.20 bits per heavy atom. The third-order valence-electron chi connectivity index (χ3n) is 3.23. The van der Waals surface area contributed by atoms with Gasteiger partial charge in [0, 0.05) is 5.75 Å². The zero-order valence-electron chi connectivity index (χ0n) is 14.2. The van der Waals surface area contributed by atoms with Gasteiger partial charge in [0.05, 0.1) is 12.6 Å². The molecule has 8 N–H and O–H groups in total. The molecule has 3 unspecified atom stereocenters. The summed E-state index contributed by atoms with van der Waals surface area (Å²) in [6, 6.07) is -2.78. The molecule has 0 saturated heterocycles. The van der Waals surface area contributed by atoms with Crippen molar-refractivity contribution >= 4 is 36.3 Å². The van der Waals surface area contributed by atoms with E-state index in [2.05, 4.69) is 28.6 Å². The van der Waals surface area contributed by atoms with Crippen LogP contribution < -0.4 is 27.4 Å². The van der Waals surface area contributed by atoms with E-state index >= 15 is 0 Å². The minimum Gasteiger partial charge on any atom is -0.480 e. The number of thiol groups is 1. The van der Waals surface area contributed by atoms with Gasteiger partial charge in [0.2, 0.25) is 17.7 Å². The minimum atomic E-state index is -1.16. The highest BCUT2D eigenvalue weighted by molar-refractivity contribution is 7.80. The first-order valence-corrected chi connectivity index (χ1v) is 8.52. The molecule has 0 rings (SSSR count). The molecule has 0 aromatic rings. The lowest BCUT2D eigenvalue weighted by atomic mass is 10.1. The number of carbonyl (C=O) groups excluding carboxylic acids is 3. The van der Waals surface area contributed by atoms with Crippen LogP contribution in [0.15, 0.2) is 0 Å². The fourth-order valence-electron chi connectivity index (χ4n) is 1.78. The quantitative estimate of drug-likeness (QED) is 0.146. The molecule has 0 aliphatic heterocycles. The molecule has 0 aliphatic rings. The standard InChI is InChI=1S/C14H27N5O5S/c1-8(16)12(21)19-10(7-25)13(22)17-6-11(20)18-9(14(23)24)4-2-3-5-15/h8-10,25H,2-7,15-16H2,1H3,(H,17,22)(H,18,20)(H,19,21)(H,23,24). The molecular weight excluding hydrogens is 350 g/mol. The Morgan fingerprint density at radius 1 is 1.08 bits per heavy atom. The first-order chi connectivity index (χ1) is 11.7. The molecule has 3 amide bonds. The zero-order valence-corrected chi connectivity index (χ0v) is 15.1. The maximum absolute atomic E-state index is 11.9. The van der Waals surface area contributed by atoms with E-state index in [1.807, 2.05) is 0 Å². The molecule has 0 aromatic carbocycles. The van der Waals surface area contributed by atoms with Crippen LogP contribution in [-0.2, 0) is 19.2 Å². The molecule has 25 heavy (non-hydrogen) atoms. The van der Waals surface area contributed by atoms with Crippen molar-refractivity contribution in [1.82, 2.24) is 16.0 Å². The molecule has 0 bridgehead atoms. The zero-order chi connectivity index (χ0) is 19.4. The van der Waals surface area contributed by atoms with E-state index in [0.29, 0.717) is 19.4 Å². The van der Waals surface area contributed by atoms with Crippen LogP contribution in [0.1, 0.15) is 26.2 Å². The molecule has 11 heteroatoms. The van der Waals surface area contributed by atoms with E-state index in [4.69, 9.17) is 16.6 Å². The molecule has 0 radical (unpaired) electrons. The number of amides is 3. The largest absolute Gasteiger partial charge is 0.480 e. The SMILES string of the molecule is CC(N)C(=O)NC(CS)C(=O)NCC(=O)NC(CCCCN)C(=O)O. The van der Waals surface area contributed by atoms with Crippen molar-refractivity contribution in [3.8, 4) is 0 Å². The predicted octanol–water partition coefficient (Wildman–Crippen LogP) is -2.44. The van der Waals surface area contributed by atoms with Gasteiger partial charge in [-0.25, -0.2) is 4.79 Å². The molecule has 0 aliphatic carbocycles. The van der Waals surface area contributed by atoms with Crippen molar-refractivity contribution in [2.24, 2.45) is 11.5 Å². The summed E-state index contributed by atoms with van der Waals surface area (Å²) in [6.07, 6.45) is 1.46. The first kappa shape index (κ1) is 23.1. The number of unbranched alkanes of at least 4 members (excludes halogenated alkanes) is 1. The van der Waals surface area contributed by atoms with E-state index in [1.165, 1.54) is 6.92 Å². The van der Waals surface area contributed by atoms with Crippen LogP contribution in [0.3, 0.4) is 0 Å². The highest BCUT2D eigenvalue weighted by Gasteiger charge is 2.23. The summed E-state index contributed by atoms with van der Waals surface area (Å²) < 4.78 is 0. The molecule has 3 atom stereocenters. The second kappa shape index (κ2) is 12.5. The van der Waals surface area contributed by atoms with E-state index in [9.17, 15) is 19.2 Å². The van der Waals surface area contributed by atoms with Crippen molar-refractivity contribution in [2.45, 2.75) is 44.3 Å². The second-order valence-electron chi connectivity index (χ2n) is 5.49. The number of carbonyl (C=O) groups is 4. The van der Waals surface area contributed by atoms with Crippen LogP contribution in [0.25, 0.3) is 0 Å². The highest BCUT2D eigenvalue weighted by Crippen LogP contribution is 2.00. The normalized spacial score (nSPS) is 14.1. The Kier molecular flexibility index (Phi) is 11.6. The van der Waals surface area contributed by atoms with Gasteiger partial charge in [0.15, 0.2) is 0 Å². The average Bonchev–Trinajstić information content (AvgIpc) is 2.56. The van der Waals surface area contributed by atoms with Gasteiger partial charge in [0.1, 0.15) is 12.1 Å². The minimum absolute atomic E-state index is 0.0166. The number of hydrogen-bond donors (Lipinski definition) is 7. The van der Waals surface area contributed by atoms with Gasteiger partial charge in [0.25, 0.3) is 0 Å². The molecule has 0 aromatic heterocycles. The van der Waals surface area contributed by atoms with Gasteiger partial charge in [-0.15, -0.1) is 0 Å². The van der Waals surface area contributed by atoms with Crippen molar-refractivity contribution in [2.75, 3.05) is 18.8 Å². The van der Waals surface area contributed by atoms with Crippen molar-refractivity contribution < 1.29 is 24.3 Å². The molecular formula is C14H27N5O5S. The van der Waals surface area contributed by atoms with Gasteiger partial charge < -0.3 is 32.5 Å². The summed E-state index contributed by atoms with van der Waals surface area (Å²) in [5, 5.41) is 16.1. The van der Waals surface area contributed by atoms with Gasteiger partial charge in [-0.2, -0.15) is 12.6 Å². The maximum Gasteiger partial charge on any atom is 0.326 e. The van der Waals surface area contributed by atoms with E-state index in [-0.39, 0.29) is 12.2 Å². The summed E-state index contributed by atoms with van der Waals surface area (Å²) in [6.45, 7) is 1.49. The number of nitrogens with one attached hydrogen (secondary N) is 3. The summed E-state index contributed by atoms with van der Waals surface area (Å²) in [5.41, 5.74) is 10.7. The van der Waals surface area contributed by atoms with Crippen LogP contribution in [-0.4, -0.2) is 65.8 Å². The highest BCUT2D eigenvalue weighted by atomic mass is 32.1. The number of carboxylic acids is 1. The number of nitrogens with two attached hydrogens (primary N) is 2. The van der Waals surface area contributed by atoms with Gasteiger partial charge in [-0.3, -0.25) is 14.4 Å².